The molecule has 4 heteroatoms. The molecule has 0 fully saturated rings. The smallest absolute Gasteiger partial charge is 0.110 e. The van der Waals surface area contributed by atoms with Gasteiger partial charge in [0.1, 0.15) is 6.10 Å². The van der Waals surface area contributed by atoms with Crippen LogP contribution in [0.5, 0.6) is 0 Å². The van der Waals surface area contributed by atoms with Gasteiger partial charge in [0, 0.05) is 18.8 Å². The number of aromatic nitrogens is 2. The highest BCUT2D eigenvalue weighted by atomic mass is 16.3. The predicted molar refractivity (Wildman–Crippen MR) is 44.5 cm³/mol. The Hall–Kier alpha value is -0.870. The molecule has 1 heterocycles. The Morgan fingerprint density at radius 2 is 2.17 bits per heavy atom. The molecule has 0 bridgehead atoms. The van der Waals surface area contributed by atoms with Crippen molar-refractivity contribution in [2.45, 2.75) is 25.6 Å². The van der Waals surface area contributed by atoms with Crippen LogP contribution in [0.15, 0.2) is 12.4 Å². The molecule has 1 aromatic rings. The third-order valence-corrected chi connectivity index (χ3v) is 1.71. The maximum atomic E-state index is 9.57. The lowest BCUT2D eigenvalue weighted by Gasteiger charge is -2.23. The second kappa shape index (κ2) is 2.88. The van der Waals surface area contributed by atoms with E-state index in [1.54, 1.807) is 38.0 Å². The molecule has 0 aromatic carbocycles. The van der Waals surface area contributed by atoms with E-state index < -0.39 is 11.7 Å². The Bertz CT molecular complexity index is 262. The van der Waals surface area contributed by atoms with Crippen LogP contribution >= 0.6 is 0 Å². The molecule has 0 spiro atoms. The number of hydrogen-bond donors (Lipinski definition) is 2. The van der Waals surface area contributed by atoms with Crippen LogP contribution < -0.4 is 0 Å². The number of rotatable bonds is 2. The van der Waals surface area contributed by atoms with Gasteiger partial charge in [-0.15, -0.1) is 0 Å². The summed E-state index contributed by atoms with van der Waals surface area (Å²) in [6, 6.07) is 0. The summed E-state index contributed by atoms with van der Waals surface area (Å²) in [5, 5.41) is 22.9. The van der Waals surface area contributed by atoms with Gasteiger partial charge in [-0.05, 0) is 13.8 Å². The van der Waals surface area contributed by atoms with Gasteiger partial charge in [-0.2, -0.15) is 5.10 Å². The van der Waals surface area contributed by atoms with Crippen LogP contribution in [-0.4, -0.2) is 25.6 Å². The van der Waals surface area contributed by atoms with E-state index in [0.29, 0.717) is 5.56 Å². The van der Waals surface area contributed by atoms with Crippen molar-refractivity contribution in [3.8, 4) is 0 Å². The fourth-order valence-corrected chi connectivity index (χ4v) is 0.989. The average Bonchev–Trinajstić information content (AvgIpc) is 2.32. The molecule has 1 aromatic heterocycles. The second-order valence-corrected chi connectivity index (χ2v) is 3.50. The maximum absolute atomic E-state index is 9.57. The third kappa shape index (κ3) is 1.84. The highest BCUT2D eigenvalue weighted by molar-refractivity contribution is 5.11. The van der Waals surface area contributed by atoms with Crippen molar-refractivity contribution < 1.29 is 10.2 Å². The fourth-order valence-electron chi connectivity index (χ4n) is 0.989. The molecule has 1 unspecified atom stereocenters. The maximum Gasteiger partial charge on any atom is 0.110 e. The van der Waals surface area contributed by atoms with Crippen molar-refractivity contribution in [3.05, 3.63) is 18.0 Å². The lowest BCUT2D eigenvalue weighted by atomic mass is 9.97. The monoisotopic (exact) mass is 170 g/mol. The molecule has 0 radical (unpaired) electrons. The van der Waals surface area contributed by atoms with Crippen molar-refractivity contribution in [3.63, 3.8) is 0 Å². The SMILES string of the molecule is Cn1cc(C(O)C(C)(C)O)cn1. The first-order chi connectivity index (χ1) is 5.41. The molecular weight excluding hydrogens is 156 g/mol. The zero-order chi connectivity index (χ0) is 9.35. The number of aliphatic hydroxyl groups excluding tert-OH is 1. The summed E-state index contributed by atoms with van der Waals surface area (Å²) in [5.74, 6) is 0. The van der Waals surface area contributed by atoms with Gasteiger partial charge in [0.25, 0.3) is 0 Å². The lowest BCUT2D eigenvalue weighted by Crippen LogP contribution is -2.28. The molecule has 0 aliphatic heterocycles. The highest BCUT2D eigenvalue weighted by Gasteiger charge is 2.26. The van der Waals surface area contributed by atoms with Gasteiger partial charge in [-0.25, -0.2) is 0 Å². The van der Waals surface area contributed by atoms with E-state index in [4.69, 9.17) is 0 Å². The normalized spacial score (nSPS) is 14.8. The van der Waals surface area contributed by atoms with E-state index in [2.05, 4.69) is 5.10 Å². The third-order valence-electron chi connectivity index (χ3n) is 1.71. The summed E-state index contributed by atoms with van der Waals surface area (Å²) in [6.45, 7) is 3.12. The zero-order valence-electron chi connectivity index (χ0n) is 7.52. The van der Waals surface area contributed by atoms with E-state index in [1.807, 2.05) is 0 Å². The van der Waals surface area contributed by atoms with Crippen molar-refractivity contribution >= 4 is 0 Å². The van der Waals surface area contributed by atoms with Gasteiger partial charge in [-0.3, -0.25) is 4.68 Å². The van der Waals surface area contributed by atoms with Gasteiger partial charge < -0.3 is 10.2 Å². The number of hydrogen-bond acceptors (Lipinski definition) is 3. The minimum Gasteiger partial charge on any atom is -0.387 e. The molecule has 0 amide bonds. The first-order valence-corrected chi connectivity index (χ1v) is 3.80. The Morgan fingerprint density at radius 1 is 1.58 bits per heavy atom. The summed E-state index contributed by atoms with van der Waals surface area (Å²) in [4.78, 5) is 0. The number of aryl methyl sites for hydroxylation is 1. The van der Waals surface area contributed by atoms with Gasteiger partial charge in [0.05, 0.1) is 11.8 Å². The molecule has 0 saturated heterocycles. The molecule has 0 aliphatic rings. The predicted octanol–water partition coefficient (Wildman–Crippen LogP) is 0.224. The zero-order valence-corrected chi connectivity index (χ0v) is 7.52. The van der Waals surface area contributed by atoms with Gasteiger partial charge in [0.15, 0.2) is 0 Å². The molecule has 2 N–H and O–H groups in total. The van der Waals surface area contributed by atoms with Crippen LogP contribution in [0, 0.1) is 0 Å². The fraction of sp³-hybridized carbons (Fsp3) is 0.625. The molecule has 4 nitrogen and oxygen atoms in total. The minimum absolute atomic E-state index is 0.630. The van der Waals surface area contributed by atoms with Gasteiger partial charge in [-0.1, -0.05) is 0 Å². The largest absolute Gasteiger partial charge is 0.387 e. The quantitative estimate of drug-likeness (QED) is 0.667. The van der Waals surface area contributed by atoms with Crippen molar-refractivity contribution in [1.82, 2.24) is 9.78 Å². The Labute approximate surface area is 71.5 Å². The topological polar surface area (TPSA) is 58.3 Å². The first-order valence-electron chi connectivity index (χ1n) is 3.80. The van der Waals surface area contributed by atoms with Gasteiger partial charge in [0.2, 0.25) is 0 Å². The van der Waals surface area contributed by atoms with E-state index in [-0.39, 0.29) is 0 Å². The van der Waals surface area contributed by atoms with E-state index in [0.717, 1.165) is 0 Å². The molecule has 0 saturated carbocycles. The van der Waals surface area contributed by atoms with E-state index in [1.165, 1.54) is 0 Å². The van der Waals surface area contributed by atoms with Crippen LogP contribution in [0.4, 0.5) is 0 Å². The highest BCUT2D eigenvalue weighted by Crippen LogP contribution is 2.23. The van der Waals surface area contributed by atoms with Crippen LogP contribution in [0.25, 0.3) is 0 Å². The second-order valence-electron chi connectivity index (χ2n) is 3.50. The van der Waals surface area contributed by atoms with Crippen molar-refractivity contribution in [2.75, 3.05) is 0 Å². The number of nitrogens with zero attached hydrogens (tertiary/aromatic N) is 2. The van der Waals surface area contributed by atoms with Crippen LogP contribution in [-0.2, 0) is 7.05 Å². The van der Waals surface area contributed by atoms with Crippen LogP contribution in [0.3, 0.4) is 0 Å². The molecule has 0 aliphatic carbocycles. The van der Waals surface area contributed by atoms with Crippen LogP contribution in [0.2, 0.25) is 0 Å². The summed E-state index contributed by atoms with van der Waals surface area (Å²) in [5.41, 5.74) is -0.492. The molecule has 12 heavy (non-hydrogen) atoms. The Balaban J connectivity index is 2.85. The lowest BCUT2D eigenvalue weighted by molar-refractivity contribution is -0.0497. The molecule has 1 rings (SSSR count). The van der Waals surface area contributed by atoms with Gasteiger partial charge >= 0.3 is 0 Å². The summed E-state index contributed by atoms with van der Waals surface area (Å²) < 4.78 is 1.59. The summed E-state index contributed by atoms with van der Waals surface area (Å²) >= 11 is 0. The first kappa shape index (κ1) is 9.22. The minimum atomic E-state index is -1.12. The van der Waals surface area contributed by atoms with Crippen molar-refractivity contribution in [1.29, 1.82) is 0 Å². The summed E-state index contributed by atoms with van der Waals surface area (Å²) in [7, 11) is 1.76. The summed E-state index contributed by atoms with van der Waals surface area (Å²) in [6.07, 6.45) is 2.34. The Morgan fingerprint density at radius 3 is 2.50 bits per heavy atom. The molecular formula is C8H14N2O2. The van der Waals surface area contributed by atoms with Crippen LogP contribution in [0.1, 0.15) is 25.5 Å². The molecule has 68 valence electrons. The van der Waals surface area contributed by atoms with E-state index >= 15 is 0 Å². The van der Waals surface area contributed by atoms with E-state index in [9.17, 15) is 10.2 Å². The standard InChI is InChI=1S/C8H14N2O2/c1-8(2,12)7(11)6-4-9-10(3)5-6/h4-5,7,11-12H,1-3H3. The molecule has 1 atom stereocenters. The number of aliphatic hydroxyl groups is 2. The Kier molecular flexibility index (Phi) is 2.21. The average molecular weight is 170 g/mol. The van der Waals surface area contributed by atoms with Crippen molar-refractivity contribution in [2.24, 2.45) is 7.05 Å².